The zero-order chi connectivity index (χ0) is 15.7. The van der Waals surface area contributed by atoms with E-state index >= 15 is 0 Å². The number of carbonyl (C=O) groups excluding carboxylic acids is 1. The fourth-order valence-electron chi connectivity index (χ4n) is 2.78. The quantitative estimate of drug-likeness (QED) is 0.905. The summed E-state index contributed by atoms with van der Waals surface area (Å²) in [5.74, 6) is -0.143. The zero-order valence-electron chi connectivity index (χ0n) is 12.7. The van der Waals surface area contributed by atoms with Gasteiger partial charge in [0.2, 0.25) is 0 Å². The number of aryl methyl sites for hydroxylation is 2. The molecular formula is C15H20N4O2S. The lowest BCUT2D eigenvalue weighted by Gasteiger charge is -2.28. The molecule has 22 heavy (non-hydrogen) atoms. The number of nitrogens with zero attached hydrogens (tertiary/aromatic N) is 3. The Balaban J connectivity index is 1.76. The maximum absolute atomic E-state index is 12.5. The molecule has 118 valence electrons. The van der Waals surface area contributed by atoms with E-state index in [2.05, 4.69) is 15.4 Å². The average molecular weight is 320 g/mol. The fraction of sp³-hybridized carbons (Fsp3) is 0.533. The molecule has 1 saturated carbocycles. The smallest absolute Gasteiger partial charge is 0.263 e. The van der Waals surface area contributed by atoms with E-state index in [-0.39, 0.29) is 11.9 Å². The van der Waals surface area contributed by atoms with Crippen molar-refractivity contribution in [3.05, 3.63) is 23.0 Å². The van der Waals surface area contributed by atoms with Crippen LogP contribution in [0.15, 0.2) is 12.4 Å². The second-order valence-corrected chi connectivity index (χ2v) is 6.77. The standard InChI is InChI=1S/C15H20N4O2S/c1-9-13(14(21)18-11-5-3-4-6-12(11)20)22-15(17-9)10-7-16-19(2)8-10/h7-8,11-12,20H,3-6H2,1-2H3,(H,18,21). The molecule has 1 aliphatic rings. The number of aromatic nitrogens is 3. The summed E-state index contributed by atoms with van der Waals surface area (Å²) in [4.78, 5) is 17.5. The van der Waals surface area contributed by atoms with E-state index in [0.717, 1.165) is 36.3 Å². The molecule has 2 unspecified atom stereocenters. The molecule has 7 heteroatoms. The molecule has 1 aliphatic carbocycles. The minimum Gasteiger partial charge on any atom is -0.391 e. The molecule has 0 saturated heterocycles. The summed E-state index contributed by atoms with van der Waals surface area (Å²) >= 11 is 1.37. The van der Waals surface area contributed by atoms with Gasteiger partial charge >= 0.3 is 0 Å². The fourth-order valence-corrected chi connectivity index (χ4v) is 3.72. The molecule has 1 amide bonds. The molecular weight excluding hydrogens is 300 g/mol. The van der Waals surface area contributed by atoms with Gasteiger partial charge in [-0.2, -0.15) is 5.10 Å². The maximum Gasteiger partial charge on any atom is 0.263 e. The Labute approximate surface area is 133 Å². The Kier molecular flexibility index (Phi) is 4.26. The SMILES string of the molecule is Cc1nc(-c2cnn(C)c2)sc1C(=O)NC1CCCCC1O. The van der Waals surface area contributed by atoms with Crippen molar-refractivity contribution in [1.29, 1.82) is 0 Å². The Hall–Kier alpha value is -1.73. The molecule has 1 fully saturated rings. The van der Waals surface area contributed by atoms with Crippen LogP contribution in [0.4, 0.5) is 0 Å². The van der Waals surface area contributed by atoms with E-state index in [0.29, 0.717) is 10.6 Å². The Bertz CT molecular complexity index is 679. The minimum absolute atomic E-state index is 0.143. The van der Waals surface area contributed by atoms with Gasteiger partial charge in [-0.1, -0.05) is 12.8 Å². The first-order chi connectivity index (χ1) is 10.5. The molecule has 6 nitrogen and oxygen atoms in total. The highest BCUT2D eigenvalue weighted by molar-refractivity contribution is 7.17. The van der Waals surface area contributed by atoms with E-state index < -0.39 is 6.10 Å². The first-order valence-electron chi connectivity index (χ1n) is 7.50. The van der Waals surface area contributed by atoms with E-state index in [9.17, 15) is 9.90 Å². The molecule has 2 aromatic rings. The topological polar surface area (TPSA) is 80.0 Å². The molecule has 0 bridgehead atoms. The number of aliphatic hydroxyl groups excluding tert-OH is 1. The predicted molar refractivity (Wildman–Crippen MR) is 84.8 cm³/mol. The van der Waals surface area contributed by atoms with Crippen LogP contribution in [-0.2, 0) is 7.05 Å². The largest absolute Gasteiger partial charge is 0.391 e. The monoisotopic (exact) mass is 320 g/mol. The van der Waals surface area contributed by atoms with Crippen LogP contribution in [0.3, 0.4) is 0 Å². The second kappa shape index (κ2) is 6.18. The Morgan fingerprint density at radius 2 is 2.23 bits per heavy atom. The first-order valence-corrected chi connectivity index (χ1v) is 8.31. The third kappa shape index (κ3) is 3.05. The lowest BCUT2D eigenvalue weighted by atomic mass is 9.92. The van der Waals surface area contributed by atoms with Crippen LogP contribution in [0.2, 0.25) is 0 Å². The van der Waals surface area contributed by atoms with Crippen molar-refractivity contribution in [2.75, 3.05) is 0 Å². The molecule has 2 heterocycles. The summed E-state index contributed by atoms with van der Waals surface area (Å²) in [6.07, 6.45) is 6.84. The number of thiazole rings is 1. The van der Waals surface area contributed by atoms with Crippen LogP contribution in [0.5, 0.6) is 0 Å². The molecule has 3 rings (SSSR count). The van der Waals surface area contributed by atoms with Crippen LogP contribution in [0.1, 0.15) is 41.0 Å². The summed E-state index contributed by atoms with van der Waals surface area (Å²) in [5.41, 5.74) is 1.62. The minimum atomic E-state index is -0.441. The van der Waals surface area contributed by atoms with Crippen LogP contribution in [0, 0.1) is 6.92 Å². The van der Waals surface area contributed by atoms with Crippen LogP contribution < -0.4 is 5.32 Å². The number of hydrogen-bond acceptors (Lipinski definition) is 5. The van der Waals surface area contributed by atoms with Gasteiger partial charge in [-0.25, -0.2) is 4.98 Å². The van der Waals surface area contributed by atoms with Gasteiger partial charge in [-0.3, -0.25) is 9.48 Å². The lowest BCUT2D eigenvalue weighted by molar-refractivity contribution is 0.0719. The molecule has 0 aliphatic heterocycles. The number of aliphatic hydroxyl groups is 1. The van der Waals surface area contributed by atoms with Crippen molar-refractivity contribution in [3.8, 4) is 10.6 Å². The van der Waals surface area contributed by atoms with Gasteiger partial charge in [0.05, 0.1) is 24.0 Å². The molecule has 0 aromatic carbocycles. The number of rotatable bonds is 3. The summed E-state index contributed by atoms with van der Waals surface area (Å²) < 4.78 is 1.71. The first kappa shape index (κ1) is 15.2. The van der Waals surface area contributed by atoms with Crippen molar-refractivity contribution in [2.24, 2.45) is 7.05 Å². The Morgan fingerprint density at radius 3 is 2.91 bits per heavy atom. The lowest BCUT2D eigenvalue weighted by Crippen LogP contribution is -2.45. The van der Waals surface area contributed by atoms with E-state index in [4.69, 9.17) is 0 Å². The number of nitrogens with one attached hydrogen (secondary N) is 1. The van der Waals surface area contributed by atoms with Gasteiger partial charge in [0.15, 0.2) is 0 Å². The van der Waals surface area contributed by atoms with E-state index in [1.165, 1.54) is 11.3 Å². The molecule has 2 atom stereocenters. The average Bonchev–Trinajstić information content (AvgIpc) is 3.07. The molecule has 2 aromatic heterocycles. The van der Waals surface area contributed by atoms with Gasteiger partial charge in [0.1, 0.15) is 9.88 Å². The summed E-state index contributed by atoms with van der Waals surface area (Å²) in [7, 11) is 1.85. The highest BCUT2D eigenvalue weighted by Gasteiger charge is 2.26. The normalized spacial score (nSPS) is 21.8. The van der Waals surface area contributed by atoms with Gasteiger partial charge in [-0.05, 0) is 19.8 Å². The van der Waals surface area contributed by atoms with Gasteiger partial charge in [-0.15, -0.1) is 11.3 Å². The second-order valence-electron chi connectivity index (χ2n) is 5.77. The molecule has 2 N–H and O–H groups in total. The summed E-state index contributed by atoms with van der Waals surface area (Å²) in [5, 5.41) is 17.9. The highest BCUT2D eigenvalue weighted by atomic mass is 32.1. The van der Waals surface area contributed by atoms with Crippen molar-refractivity contribution >= 4 is 17.2 Å². The molecule has 0 spiro atoms. The van der Waals surface area contributed by atoms with Gasteiger partial charge in [0, 0.05) is 18.8 Å². The maximum atomic E-state index is 12.5. The third-order valence-electron chi connectivity index (χ3n) is 4.00. The number of hydrogen-bond donors (Lipinski definition) is 2. The van der Waals surface area contributed by atoms with Crippen molar-refractivity contribution in [3.63, 3.8) is 0 Å². The van der Waals surface area contributed by atoms with E-state index in [1.54, 1.807) is 10.9 Å². The Morgan fingerprint density at radius 1 is 1.45 bits per heavy atom. The summed E-state index contributed by atoms with van der Waals surface area (Å²) in [6.45, 7) is 1.84. The van der Waals surface area contributed by atoms with Gasteiger partial charge in [0.25, 0.3) is 5.91 Å². The van der Waals surface area contributed by atoms with Crippen LogP contribution in [0.25, 0.3) is 10.6 Å². The zero-order valence-corrected chi connectivity index (χ0v) is 13.6. The number of carbonyl (C=O) groups is 1. The van der Waals surface area contributed by atoms with Crippen molar-refractivity contribution in [2.45, 2.75) is 44.8 Å². The third-order valence-corrected chi connectivity index (χ3v) is 5.21. The van der Waals surface area contributed by atoms with Crippen molar-refractivity contribution < 1.29 is 9.90 Å². The predicted octanol–water partition coefficient (Wildman–Crippen LogP) is 1.89. The number of amides is 1. The van der Waals surface area contributed by atoms with E-state index in [1.807, 2.05) is 20.2 Å². The summed E-state index contributed by atoms with van der Waals surface area (Å²) in [6, 6.07) is -0.149. The molecule has 0 radical (unpaired) electrons. The van der Waals surface area contributed by atoms with Crippen LogP contribution in [-0.4, -0.2) is 37.9 Å². The van der Waals surface area contributed by atoms with Gasteiger partial charge < -0.3 is 10.4 Å². The highest BCUT2D eigenvalue weighted by Crippen LogP contribution is 2.28. The van der Waals surface area contributed by atoms with Crippen LogP contribution >= 0.6 is 11.3 Å². The van der Waals surface area contributed by atoms with Crippen molar-refractivity contribution in [1.82, 2.24) is 20.1 Å².